The Bertz CT molecular complexity index is 1010. The van der Waals surface area contributed by atoms with Crippen molar-refractivity contribution >= 4 is 29.0 Å². The number of piperidine rings is 1. The molecule has 0 aromatic carbocycles. The summed E-state index contributed by atoms with van der Waals surface area (Å²) in [7, 11) is 1.71. The predicted octanol–water partition coefficient (Wildman–Crippen LogP) is 1.07. The van der Waals surface area contributed by atoms with Gasteiger partial charge in [0.15, 0.2) is 5.78 Å². The number of ether oxygens (including phenoxy) is 1. The maximum absolute atomic E-state index is 13.3. The van der Waals surface area contributed by atoms with Crippen molar-refractivity contribution in [2.75, 3.05) is 13.7 Å². The van der Waals surface area contributed by atoms with Gasteiger partial charge >= 0.3 is 0 Å². The number of fused-ring (bicyclic) bond motifs is 3. The molecule has 0 radical (unpaired) electrons. The van der Waals surface area contributed by atoms with Crippen molar-refractivity contribution in [3.05, 3.63) is 39.6 Å². The lowest BCUT2D eigenvalue weighted by Gasteiger charge is -2.58. The van der Waals surface area contributed by atoms with Gasteiger partial charge in [0.1, 0.15) is 6.04 Å². The fraction of sp³-hybridized carbons (Fsp3) is 0.474. The van der Waals surface area contributed by atoms with Crippen molar-refractivity contribution in [3.8, 4) is 0 Å². The van der Waals surface area contributed by atoms with Crippen LogP contribution in [0.4, 0.5) is 0 Å². The highest BCUT2D eigenvalue weighted by Crippen LogP contribution is 2.67. The molecule has 4 aliphatic heterocycles. The largest absolute Gasteiger partial charge is 0.378 e. The molecule has 0 saturated carbocycles. The molecule has 7 heteroatoms. The van der Waals surface area contributed by atoms with E-state index in [-0.39, 0.29) is 40.5 Å². The summed E-state index contributed by atoms with van der Waals surface area (Å²) in [4.78, 5) is 33.0. The molecule has 26 heavy (non-hydrogen) atoms. The molecule has 2 aliphatic carbocycles. The first-order valence-corrected chi connectivity index (χ1v) is 10.0. The maximum atomic E-state index is 13.3. The van der Waals surface area contributed by atoms with Gasteiger partial charge in [-0.05, 0) is 30.1 Å². The Kier molecular flexibility index (Phi) is 2.29. The van der Waals surface area contributed by atoms with Crippen LogP contribution in [-0.2, 0) is 16.0 Å². The van der Waals surface area contributed by atoms with E-state index >= 15 is 0 Å². The second-order valence-corrected chi connectivity index (χ2v) is 9.27. The van der Waals surface area contributed by atoms with E-state index in [9.17, 15) is 9.59 Å². The number of rotatable bonds is 1. The number of hydrogen-bond acceptors (Lipinski definition) is 6. The Labute approximate surface area is 154 Å². The second kappa shape index (κ2) is 4.18. The lowest BCUT2D eigenvalue weighted by molar-refractivity contribution is -0.130. The van der Waals surface area contributed by atoms with Crippen molar-refractivity contribution in [2.45, 2.75) is 36.4 Å². The molecule has 2 unspecified atom stereocenters. The topological polar surface area (TPSA) is 74.4 Å². The monoisotopic (exact) mass is 367 g/mol. The first-order chi connectivity index (χ1) is 12.6. The Morgan fingerprint density at radius 1 is 1.38 bits per heavy atom. The molecule has 5 heterocycles. The van der Waals surface area contributed by atoms with Crippen molar-refractivity contribution in [1.29, 1.82) is 0 Å². The molecular weight excluding hydrogens is 350 g/mol. The number of ketones is 2. The number of carbonyl (C=O) groups is 2. The smallest absolute Gasteiger partial charge is 0.200 e. The molecule has 7 rings (SSSR count). The van der Waals surface area contributed by atoms with Crippen LogP contribution in [0.2, 0.25) is 0 Å². The van der Waals surface area contributed by atoms with Gasteiger partial charge in [-0.15, -0.1) is 11.8 Å². The third-order valence-corrected chi connectivity index (χ3v) is 8.46. The van der Waals surface area contributed by atoms with E-state index in [1.165, 1.54) is 5.56 Å². The van der Waals surface area contributed by atoms with Gasteiger partial charge in [0.25, 0.3) is 0 Å². The van der Waals surface area contributed by atoms with Crippen LogP contribution < -0.4 is 5.32 Å². The Morgan fingerprint density at radius 3 is 3.12 bits per heavy atom. The molecule has 132 valence electrons. The van der Waals surface area contributed by atoms with E-state index in [2.05, 4.69) is 15.2 Å². The van der Waals surface area contributed by atoms with Crippen LogP contribution >= 0.6 is 11.8 Å². The number of nitrogens with zero attached hydrogens (tertiary/aromatic N) is 1. The molecule has 2 N–H and O–H groups in total. The highest BCUT2D eigenvalue weighted by atomic mass is 32.2. The zero-order valence-electron chi connectivity index (χ0n) is 14.2. The SMILES string of the molecule is CO[C@H]1C2C(=O)C=C3S[C@H]4C[C@]31C1=C3c5c(c[nH]c5C(=O)C1N4)CCN32. The van der Waals surface area contributed by atoms with Gasteiger partial charge in [-0.3, -0.25) is 14.9 Å². The molecule has 3 bridgehead atoms. The summed E-state index contributed by atoms with van der Waals surface area (Å²) < 4.78 is 6.01. The fourth-order valence-electron chi connectivity index (χ4n) is 6.30. The highest BCUT2D eigenvalue weighted by molar-refractivity contribution is 8.04. The van der Waals surface area contributed by atoms with Gasteiger partial charge in [0.2, 0.25) is 5.78 Å². The molecule has 1 spiro atoms. The number of hydrogen-bond donors (Lipinski definition) is 2. The van der Waals surface area contributed by atoms with Crippen LogP contribution in [0.1, 0.15) is 28.0 Å². The Hall–Kier alpha value is -1.83. The standard InChI is InChI=1S/C19H17N3O3S/c1-25-18-15-8(23)4-9-19(18)5-10(26-9)21-14-12(19)16-11-7(2-3-22(15)16)6-20-13(11)17(14)24/h4,6,10,14-15,18,20-21H,2-3,5H2,1H3/t10-,14?,15?,18-,19+/m0/s1. The zero-order chi connectivity index (χ0) is 17.4. The van der Waals surface area contributed by atoms with Crippen molar-refractivity contribution in [3.63, 3.8) is 0 Å². The average Bonchev–Trinajstić information content (AvgIpc) is 3.18. The summed E-state index contributed by atoms with van der Waals surface area (Å²) in [6.07, 6.45) is 5.33. The average molecular weight is 367 g/mol. The molecule has 2 fully saturated rings. The summed E-state index contributed by atoms with van der Waals surface area (Å²) in [5.74, 6) is 0.265. The minimum Gasteiger partial charge on any atom is -0.378 e. The summed E-state index contributed by atoms with van der Waals surface area (Å²) in [6, 6.07) is -0.613. The second-order valence-electron chi connectivity index (χ2n) is 8.03. The van der Waals surface area contributed by atoms with Gasteiger partial charge in [0.05, 0.1) is 28.6 Å². The van der Waals surface area contributed by atoms with Gasteiger partial charge in [-0.2, -0.15) is 0 Å². The van der Waals surface area contributed by atoms with Crippen molar-refractivity contribution < 1.29 is 14.3 Å². The van der Waals surface area contributed by atoms with Crippen LogP contribution in [-0.4, -0.2) is 58.7 Å². The third-order valence-electron chi connectivity index (χ3n) is 7.14. The van der Waals surface area contributed by atoms with Gasteiger partial charge in [0, 0.05) is 36.0 Å². The van der Waals surface area contributed by atoms with Crippen LogP contribution in [0.15, 0.2) is 22.8 Å². The molecular formula is C19H17N3O3S. The number of aromatic amines is 1. The van der Waals surface area contributed by atoms with E-state index in [1.54, 1.807) is 18.9 Å². The van der Waals surface area contributed by atoms with E-state index in [4.69, 9.17) is 4.74 Å². The number of nitrogens with one attached hydrogen (secondary N) is 2. The lowest BCUT2D eigenvalue weighted by atomic mass is 9.57. The normalized spacial score (nSPS) is 41.0. The highest BCUT2D eigenvalue weighted by Gasteiger charge is 2.68. The Balaban J connectivity index is 1.66. The van der Waals surface area contributed by atoms with Crippen molar-refractivity contribution in [1.82, 2.24) is 15.2 Å². The number of carbonyl (C=O) groups excluding carboxylic acids is 2. The van der Waals surface area contributed by atoms with E-state index < -0.39 is 0 Å². The van der Waals surface area contributed by atoms with E-state index in [0.717, 1.165) is 41.1 Å². The minimum atomic E-state index is -0.330. The Morgan fingerprint density at radius 2 is 2.27 bits per heavy atom. The van der Waals surface area contributed by atoms with E-state index in [1.807, 2.05) is 12.3 Å². The molecule has 0 amide bonds. The third kappa shape index (κ3) is 1.25. The summed E-state index contributed by atoms with van der Waals surface area (Å²) in [6.45, 7) is 0.788. The number of thioether (sulfide) groups is 1. The predicted molar refractivity (Wildman–Crippen MR) is 95.5 cm³/mol. The fourth-order valence-corrected chi connectivity index (χ4v) is 7.86. The van der Waals surface area contributed by atoms with Crippen LogP contribution in [0.3, 0.4) is 0 Å². The summed E-state index contributed by atoms with van der Waals surface area (Å²) in [5.41, 5.74) is 4.88. The zero-order valence-corrected chi connectivity index (χ0v) is 15.0. The van der Waals surface area contributed by atoms with E-state index in [0.29, 0.717) is 5.69 Å². The maximum Gasteiger partial charge on any atom is 0.200 e. The van der Waals surface area contributed by atoms with Crippen LogP contribution in [0.25, 0.3) is 5.70 Å². The van der Waals surface area contributed by atoms with Gasteiger partial charge in [-0.1, -0.05) is 0 Å². The number of aromatic nitrogens is 1. The van der Waals surface area contributed by atoms with Gasteiger partial charge in [-0.25, -0.2) is 0 Å². The molecule has 1 aromatic heterocycles. The minimum absolute atomic E-state index is 0.128. The van der Waals surface area contributed by atoms with Gasteiger partial charge < -0.3 is 14.6 Å². The van der Waals surface area contributed by atoms with Crippen LogP contribution in [0.5, 0.6) is 0 Å². The van der Waals surface area contributed by atoms with Crippen molar-refractivity contribution in [2.24, 2.45) is 5.41 Å². The molecule has 1 aromatic rings. The molecule has 6 nitrogen and oxygen atoms in total. The molecule has 2 saturated heterocycles. The number of H-pyrrole nitrogens is 1. The summed E-state index contributed by atoms with van der Waals surface area (Å²) in [5, 5.41) is 3.71. The first kappa shape index (κ1) is 14.3. The summed E-state index contributed by atoms with van der Waals surface area (Å²) >= 11 is 1.71. The quantitative estimate of drug-likeness (QED) is 0.773. The molecule has 6 aliphatic rings. The first-order valence-electron chi connectivity index (χ1n) is 9.13. The lowest BCUT2D eigenvalue weighted by Crippen LogP contribution is -2.68. The number of Topliss-reactive ketones (excluding diaryl/α,β-unsaturated/α-hetero) is 1. The van der Waals surface area contributed by atoms with Crippen LogP contribution in [0, 0.1) is 5.41 Å². The molecule has 5 atom stereocenters. The number of methoxy groups -OCH3 is 1.